The molecule has 1 aliphatic heterocycles. The first-order chi connectivity index (χ1) is 10.1. The Morgan fingerprint density at radius 1 is 1.52 bits per heavy atom. The molecule has 2 aliphatic rings. The van der Waals surface area contributed by atoms with Crippen LogP contribution in [-0.2, 0) is 17.8 Å². The van der Waals surface area contributed by atoms with Crippen LogP contribution in [0.5, 0.6) is 0 Å². The van der Waals surface area contributed by atoms with E-state index in [2.05, 4.69) is 15.3 Å². The number of amides is 2. The highest BCUT2D eigenvalue weighted by Crippen LogP contribution is 2.29. The number of hydrogen-bond acceptors (Lipinski definition) is 3. The number of carboxylic acid groups (broad SMARTS) is 1. The monoisotopic (exact) mass is 292 g/mol. The molecule has 2 unspecified atom stereocenters. The van der Waals surface area contributed by atoms with Crippen molar-refractivity contribution in [2.24, 2.45) is 5.92 Å². The van der Waals surface area contributed by atoms with E-state index in [1.165, 1.54) is 11.3 Å². The highest BCUT2D eigenvalue weighted by atomic mass is 16.4. The van der Waals surface area contributed by atoms with Gasteiger partial charge in [-0.3, -0.25) is 0 Å². The van der Waals surface area contributed by atoms with Crippen molar-refractivity contribution in [2.75, 3.05) is 0 Å². The molecule has 2 atom stereocenters. The number of H-pyrrole nitrogens is 1. The first-order valence-corrected chi connectivity index (χ1v) is 7.37. The number of carbonyl (C=O) groups is 2. The molecule has 0 spiro atoms. The third-order valence-electron chi connectivity index (χ3n) is 4.65. The average Bonchev–Trinajstić information content (AvgIpc) is 2.81. The fourth-order valence-electron chi connectivity index (χ4n) is 3.01. The summed E-state index contributed by atoms with van der Waals surface area (Å²) < 4.78 is 0. The van der Waals surface area contributed by atoms with Gasteiger partial charge in [-0.2, -0.15) is 0 Å². The van der Waals surface area contributed by atoms with Gasteiger partial charge in [-0.25, -0.2) is 14.6 Å². The van der Waals surface area contributed by atoms with Gasteiger partial charge in [-0.05, 0) is 25.7 Å². The molecule has 0 radical (unpaired) electrons. The van der Waals surface area contributed by atoms with Gasteiger partial charge in [0.1, 0.15) is 6.04 Å². The fraction of sp³-hybridized carbons (Fsp3) is 0.643. The number of imidazole rings is 1. The summed E-state index contributed by atoms with van der Waals surface area (Å²) in [6.07, 6.45) is 5.27. The van der Waals surface area contributed by atoms with Crippen LogP contribution in [-0.4, -0.2) is 44.1 Å². The lowest BCUT2D eigenvalue weighted by atomic mass is 9.80. The number of rotatable bonds is 3. The van der Waals surface area contributed by atoms with E-state index >= 15 is 0 Å². The molecule has 1 aliphatic carbocycles. The van der Waals surface area contributed by atoms with E-state index in [1.54, 1.807) is 6.33 Å². The summed E-state index contributed by atoms with van der Waals surface area (Å²) in [6, 6.07) is -1.07. The maximum atomic E-state index is 12.4. The number of aliphatic carboxylic acids is 1. The zero-order valence-corrected chi connectivity index (χ0v) is 12.0. The van der Waals surface area contributed by atoms with Crippen molar-refractivity contribution in [3.63, 3.8) is 0 Å². The van der Waals surface area contributed by atoms with Crippen LogP contribution in [0.1, 0.15) is 37.6 Å². The molecule has 114 valence electrons. The highest BCUT2D eigenvalue weighted by Gasteiger charge is 2.37. The summed E-state index contributed by atoms with van der Waals surface area (Å²) in [4.78, 5) is 32.3. The van der Waals surface area contributed by atoms with Gasteiger partial charge >= 0.3 is 12.0 Å². The van der Waals surface area contributed by atoms with Gasteiger partial charge in [-0.15, -0.1) is 0 Å². The minimum Gasteiger partial charge on any atom is -0.480 e. The normalized spacial score (nSPS) is 23.1. The number of nitrogens with one attached hydrogen (secondary N) is 2. The van der Waals surface area contributed by atoms with E-state index in [4.69, 9.17) is 0 Å². The van der Waals surface area contributed by atoms with Gasteiger partial charge in [0.2, 0.25) is 0 Å². The van der Waals surface area contributed by atoms with Crippen molar-refractivity contribution < 1.29 is 14.7 Å². The largest absolute Gasteiger partial charge is 0.480 e. The molecule has 1 saturated carbocycles. The summed E-state index contributed by atoms with van der Waals surface area (Å²) in [5.74, 6) is -0.472. The van der Waals surface area contributed by atoms with Crippen LogP contribution in [0.3, 0.4) is 0 Å². The molecule has 7 heteroatoms. The second-order valence-electron chi connectivity index (χ2n) is 5.94. The molecule has 2 amide bonds. The summed E-state index contributed by atoms with van der Waals surface area (Å²) in [5.41, 5.74) is 1.55. The summed E-state index contributed by atoms with van der Waals surface area (Å²) in [7, 11) is 0. The van der Waals surface area contributed by atoms with Crippen LogP contribution >= 0.6 is 0 Å². The molecule has 1 aromatic heterocycles. The van der Waals surface area contributed by atoms with Gasteiger partial charge in [0.05, 0.1) is 24.3 Å². The second-order valence-corrected chi connectivity index (χ2v) is 5.94. The van der Waals surface area contributed by atoms with E-state index in [9.17, 15) is 14.7 Å². The Labute approximate surface area is 122 Å². The first kappa shape index (κ1) is 13.9. The van der Waals surface area contributed by atoms with Crippen LogP contribution < -0.4 is 5.32 Å². The lowest BCUT2D eigenvalue weighted by Gasteiger charge is -2.36. The van der Waals surface area contributed by atoms with E-state index in [1.807, 2.05) is 6.92 Å². The molecule has 1 fully saturated rings. The molecule has 7 nitrogen and oxygen atoms in total. The van der Waals surface area contributed by atoms with Crippen molar-refractivity contribution in [3.8, 4) is 0 Å². The minimum atomic E-state index is -0.991. The Morgan fingerprint density at radius 2 is 2.29 bits per heavy atom. The molecule has 3 N–H and O–H groups in total. The maximum Gasteiger partial charge on any atom is 0.326 e. The number of aromatic nitrogens is 2. The Morgan fingerprint density at radius 3 is 2.90 bits per heavy atom. The van der Waals surface area contributed by atoms with Gasteiger partial charge in [0.15, 0.2) is 0 Å². The zero-order valence-electron chi connectivity index (χ0n) is 12.0. The maximum absolute atomic E-state index is 12.4. The summed E-state index contributed by atoms with van der Waals surface area (Å²) in [6.45, 7) is 2.25. The molecular weight excluding hydrogens is 272 g/mol. The number of carboxylic acids is 1. The molecule has 0 bridgehead atoms. The highest BCUT2D eigenvalue weighted by molar-refractivity contribution is 5.83. The van der Waals surface area contributed by atoms with E-state index in [0.29, 0.717) is 5.92 Å². The van der Waals surface area contributed by atoms with Gasteiger partial charge in [-0.1, -0.05) is 6.42 Å². The summed E-state index contributed by atoms with van der Waals surface area (Å²) in [5, 5.41) is 12.3. The SMILES string of the molecule is CC(NC(=O)N1Cc2[nH]cnc2CC1C(=O)O)C1CCC1. The molecule has 21 heavy (non-hydrogen) atoms. The van der Waals surface area contributed by atoms with E-state index in [0.717, 1.165) is 24.2 Å². The third kappa shape index (κ3) is 2.59. The van der Waals surface area contributed by atoms with E-state index < -0.39 is 12.0 Å². The number of urea groups is 1. The Hall–Kier alpha value is -2.05. The Kier molecular flexibility index (Phi) is 3.57. The molecule has 1 aromatic rings. The molecule has 0 aromatic carbocycles. The van der Waals surface area contributed by atoms with Gasteiger partial charge in [0, 0.05) is 12.5 Å². The molecule has 3 rings (SSSR count). The van der Waals surface area contributed by atoms with Crippen molar-refractivity contribution >= 4 is 12.0 Å². The quantitative estimate of drug-likeness (QED) is 0.777. The molecule has 2 heterocycles. The third-order valence-corrected chi connectivity index (χ3v) is 4.65. The lowest BCUT2D eigenvalue weighted by Crippen LogP contribution is -2.55. The number of aromatic amines is 1. The van der Waals surface area contributed by atoms with Crippen molar-refractivity contribution in [3.05, 3.63) is 17.7 Å². The minimum absolute atomic E-state index is 0.0869. The summed E-state index contributed by atoms with van der Waals surface area (Å²) >= 11 is 0. The van der Waals surface area contributed by atoms with E-state index in [-0.39, 0.29) is 25.0 Å². The first-order valence-electron chi connectivity index (χ1n) is 7.37. The van der Waals surface area contributed by atoms with Crippen LogP contribution in [0.4, 0.5) is 4.79 Å². The Balaban J connectivity index is 1.72. The van der Waals surface area contributed by atoms with Gasteiger partial charge in [0.25, 0.3) is 0 Å². The van der Waals surface area contributed by atoms with Crippen LogP contribution in [0.25, 0.3) is 0 Å². The number of nitrogens with zero attached hydrogens (tertiary/aromatic N) is 2. The second kappa shape index (κ2) is 5.38. The Bertz CT molecular complexity index is 552. The van der Waals surface area contributed by atoms with Crippen LogP contribution in [0.15, 0.2) is 6.33 Å². The topological polar surface area (TPSA) is 98.3 Å². The standard InChI is InChI=1S/C14H20N4O3/c1-8(9-3-2-4-9)17-14(21)18-6-11-10(15-7-16-11)5-12(18)13(19)20/h7-9,12H,2-6H2,1H3,(H,15,16)(H,17,21)(H,19,20). The molecular formula is C14H20N4O3. The predicted octanol–water partition coefficient (Wildman–Crippen LogP) is 1.12. The number of hydrogen-bond donors (Lipinski definition) is 3. The lowest BCUT2D eigenvalue weighted by molar-refractivity contribution is -0.142. The average molecular weight is 292 g/mol. The van der Waals surface area contributed by atoms with Crippen LogP contribution in [0.2, 0.25) is 0 Å². The molecule has 0 saturated heterocycles. The zero-order chi connectivity index (χ0) is 15.0. The number of fused-ring (bicyclic) bond motifs is 1. The van der Waals surface area contributed by atoms with Crippen molar-refractivity contribution in [1.82, 2.24) is 20.2 Å². The predicted molar refractivity (Wildman–Crippen MR) is 74.6 cm³/mol. The van der Waals surface area contributed by atoms with Crippen molar-refractivity contribution in [2.45, 2.75) is 51.2 Å². The van der Waals surface area contributed by atoms with Gasteiger partial charge < -0.3 is 20.3 Å². The van der Waals surface area contributed by atoms with Crippen LogP contribution in [0, 0.1) is 5.92 Å². The fourth-order valence-corrected chi connectivity index (χ4v) is 3.01. The van der Waals surface area contributed by atoms with Crippen molar-refractivity contribution in [1.29, 1.82) is 0 Å². The number of carbonyl (C=O) groups excluding carboxylic acids is 1. The smallest absolute Gasteiger partial charge is 0.326 e.